The molecular weight excluding hydrogens is 458 g/mol. The minimum atomic E-state index is -0.887. The third-order valence-electron chi connectivity index (χ3n) is 3.85. The molecule has 11 heteroatoms. The van der Waals surface area contributed by atoms with Gasteiger partial charge >= 0.3 is 11.8 Å². The fourth-order valence-corrected chi connectivity index (χ4v) is 4.32. The van der Waals surface area contributed by atoms with Gasteiger partial charge in [-0.25, -0.2) is 5.43 Å². The number of methoxy groups -OCH3 is 1. The predicted molar refractivity (Wildman–Crippen MR) is 123 cm³/mol. The van der Waals surface area contributed by atoms with E-state index in [0.717, 1.165) is 26.2 Å². The molecule has 0 atom stereocenters. The smallest absolute Gasteiger partial charge is 0.329 e. The fourth-order valence-electron chi connectivity index (χ4n) is 2.41. The lowest BCUT2D eigenvalue weighted by molar-refractivity contribution is -0.136. The number of ether oxygens (including phenoxy) is 1. The number of anilines is 1. The topological polar surface area (TPSA) is 106 Å². The van der Waals surface area contributed by atoms with Crippen molar-refractivity contribution in [3.8, 4) is 5.75 Å². The van der Waals surface area contributed by atoms with Crippen LogP contribution in [0.1, 0.15) is 16.1 Å². The van der Waals surface area contributed by atoms with Gasteiger partial charge in [0.05, 0.1) is 13.3 Å². The summed E-state index contributed by atoms with van der Waals surface area (Å²) in [5.74, 6) is -0.354. The van der Waals surface area contributed by atoms with Gasteiger partial charge in [0.2, 0.25) is 0 Å². The molecule has 0 radical (unpaired) electrons. The molecule has 160 valence electrons. The van der Waals surface area contributed by atoms with E-state index in [1.54, 1.807) is 49.2 Å². The maximum atomic E-state index is 11.9. The second-order valence-corrected chi connectivity index (χ2v) is 8.95. The molecule has 2 aromatic carbocycles. The van der Waals surface area contributed by atoms with Crippen LogP contribution in [0.2, 0.25) is 5.02 Å². The summed E-state index contributed by atoms with van der Waals surface area (Å²) in [6, 6.07) is 11.9. The first-order valence-electron chi connectivity index (χ1n) is 8.94. The Morgan fingerprint density at radius 3 is 2.65 bits per heavy atom. The lowest BCUT2D eigenvalue weighted by Gasteiger charge is -2.08. The molecule has 2 N–H and O–H groups in total. The lowest BCUT2D eigenvalue weighted by Crippen LogP contribution is -2.32. The molecule has 0 unspecified atom stereocenters. The Bertz CT molecular complexity index is 1100. The van der Waals surface area contributed by atoms with E-state index in [2.05, 4.69) is 26.0 Å². The highest BCUT2D eigenvalue weighted by Gasteiger charge is 2.13. The number of aromatic nitrogens is 2. The summed E-state index contributed by atoms with van der Waals surface area (Å²) < 4.78 is 6.28. The number of halogens is 1. The zero-order valence-electron chi connectivity index (χ0n) is 16.6. The van der Waals surface area contributed by atoms with Gasteiger partial charge in [-0.05, 0) is 55.0 Å². The third-order valence-corrected chi connectivity index (χ3v) is 6.12. The molecule has 3 rings (SSSR count). The van der Waals surface area contributed by atoms with E-state index in [-0.39, 0.29) is 0 Å². The van der Waals surface area contributed by atoms with E-state index in [4.69, 9.17) is 16.3 Å². The van der Waals surface area contributed by atoms with Crippen LogP contribution in [0, 0.1) is 6.92 Å². The minimum Gasteiger partial charge on any atom is -0.496 e. The van der Waals surface area contributed by atoms with Crippen LogP contribution in [0.5, 0.6) is 5.75 Å². The molecule has 8 nitrogen and oxygen atoms in total. The highest BCUT2D eigenvalue weighted by Crippen LogP contribution is 2.30. The number of hydrazone groups is 1. The summed E-state index contributed by atoms with van der Waals surface area (Å²) in [5.41, 5.74) is 4.35. The molecule has 1 aromatic heterocycles. The maximum Gasteiger partial charge on any atom is 0.329 e. The number of amides is 2. The highest BCUT2D eigenvalue weighted by molar-refractivity contribution is 8.00. The zero-order chi connectivity index (χ0) is 22.2. The van der Waals surface area contributed by atoms with Crippen LogP contribution < -0.4 is 15.5 Å². The van der Waals surface area contributed by atoms with Crippen molar-refractivity contribution in [2.45, 2.75) is 17.0 Å². The Morgan fingerprint density at radius 2 is 1.97 bits per heavy atom. The van der Waals surface area contributed by atoms with Crippen molar-refractivity contribution in [3.63, 3.8) is 0 Å². The normalized spacial score (nSPS) is 10.8. The second kappa shape index (κ2) is 10.9. The molecule has 1 heterocycles. The van der Waals surface area contributed by atoms with Crippen molar-refractivity contribution >= 4 is 58.4 Å². The number of hydrogen-bond acceptors (Lipinski definition) is 8. The summed E-state index contributed by atoms with van der Waals surface area (Å²) >= 11 is 8.88. The van der Waals surface area contributed by atoms with Gasteiger partial charge in [0, 0.05) is 22.0 Å². The quantitative estimate of drug-likeness (QED) is 0.232. The van der Waals surface area contributed by atoms with Crippen LogP contribution in [0.15, 0.2) is 51.9 Å². The fraction of sp³-hybridized carbons (Fsp3) is 0.150. The van der Waals surface area contributed by atoms with Crippen molar-refractivity contribution < 1.29 is 14.3 Å². The van der Waals surface area contributed by atoms with Crippen LogP contribution in [-0.2, 0) is 15.3 Å². The SMILES string of the molecule is COc1ccc(/C=N/NC(=O)C(=O)Nc2ccc(Cl)cc2)cc1CSc1nnc(C)s1. The number of hydrogen-bond donors (Lipinski definition) is 2. The molecule has 31 heavy (non-hydrogen) atoms. The molecule has 0 aliphatic carbocycles. The van der Waals surface area contributed by atoms with E-state index in [0.29, 0.717) is 16.5 Å². The number of carbonyl (C=O) groups is 2. The monoisotopic (exact) mass is 475 g/mol. The summed E-state index contributed by atoms with van der Waals surface area (Å²) in [7, 11) is 1.60. The van der Waals surface area contributed by atoms with E-state index in [1.165, 1.54) is 17.6 Å². The van der Waals surface area contributed by atoms with Crippen molar-refractivity contribution in [2.75, 3.05) is 12.4 Å². The molecular formula is C20H18ClN5O3S2. The first kappa shape index (κ1) is 22.7. The first-order chi connectivity index (χ1) is 14.9. The van der Waals surface area contributed by atoms with Gasteiger partial charge in [-0.15, -0.1) is 10.2 Å². The molecule has 2 amide bonds. The number of carbonyl (C=O) groups excluding carboxylic acids is 2. The molecule has 0 aliphatic rings. The molecule has 0 spiro atoms. The van der Waals surface area contributed by atoms with Crippen LogP contribution in [0.25, 0.3) is 0 Å². The van der Waals surface area contributed by atoms with Crippen LogP contribution in [0.3, 0.4) is 0 Å². The van der Waals surface area contributed by atoms with Gasteiger partial charge in [0.15, 0.2) is 4.34 Å². The molecule has 3 aromatic rings. The number of benzene rings is 2. The van der Waals surface area contributed by atoms with Crippen LogP contribution in [0.4, 0.5) is 5.69 Å². The Labute approximate surface area is 192 Å². The largest absolute Gasteiger partial charge is 0.496 e. The van der Waals surface area contributed by atoms with E-state index < -0.39 is 11.8 Å². The summed E-state index contributed by atoms with van der Waals surface area (Å²) in [5, 5.41) is 15.9. The number of nitrogens with zero attached hydrogens (tertiary/aromatic N) is 3. The summed E-state index contributed by atoms with van der Waals surface area (Å²) in [6.07, 6.45) is 1.45. The van der Waals surface area contributed by atoms with Gasteiger partial charge in [-0.2, -0.15) is 5.10 Å². The van der Waals surface area contributed by atoms with E-state index >= 15 is 0 Å². The van der Waals surface area contributed by atoms with Crippen molar-refractivity contribution in [3.05, 3.63) is 63.6 Å². The Morgan fingerprint density at radius 1 is 1.19 bits per heavy atom. The van der Waals surface area contributed by atoms with Gasteiger partial charge in [0.25, 0.3) is 0 Å². The van der Waals surface area contributed by atoms with Gasteiger partial charge in [0.1, 0.15) is 10.8 Å². The third kappa shape index (κ3) is 6.78. The van der Waals surface area contributed by atoms with Gasteiger partial charge in [-0.3, -0.25) is 9.59 Å². The van der Waals surface area contributed by atoms with Crippen LogP contribution >= 0.6 is 34.7 Å². The van der Waals surface area contributed by atoms with Gasteiger partial charge in [-0.1, -0.05) is 34.7 Å². The summed E-state index contributed by atoms with van der Waals surface area (Å²) in [6.45, 7) is 1.91. The minimum absolute atomic E-state index is 0.455. The predicted octanol–water partition coefficient (Wildman–Crippen LogP) is 3.89. The Kier molecular flexibility index (Phi) is 7.99. The van der Waals surface area contributed by atoms with Crippen molar-refractivity contribution in [2.24, 2.45) is 5.10 Å². The molecule has 0 saturated carbocycles. The zero-order valence-corrected chi connectivity index (χ0v) is 19.0. The van der Waals surface area contributed by atoms with E-state index in [1.807, 2.05) is 19.1 Å². The van der Waals surface area contributed by atoms with Crippen molar-refractivity contribution in [1.82, 2.24) is 15.6 Å². The molecule has 0 aliphatic heterocycles. The average Bonchev–Trinajstić information content (AvgIpc) is 3.19. The summed E-state index contributed by atoms with van der Waals surface area (Å²) in [4.78, 5) is 23.9. The average molecular weight is 476 g/mol. The number of thioether (sulfide) groups is 1. The first-order valence-corrected chi connectivity index (χ1v) is 11.1. The standard InChI is InChI=1S/C20H18ClN5O3S2/c1-12-24-26-20(31-12)30-11-14-9-13(3-8-17(14)29-2)10-22-25-19(28)18(27)23-16-6-4-15(21)5-7-16/h3-10H,11H2,1-2H3,(H,23,27)(H,25,28)/b22-10+. The molecule has 0 saturated heterocycles. The van der Waals surface area contributed by atoms with E-state index in [9.17, 15) is 9.59 Å². The maximum absolute atomic E-state index is 11.9. The van der Waals surface area contributed by atoms with Crippen LogP contribution in [-0.4, -0.2) is 35.3 Å². The number of rotatable bonds is 7. The number of aryl methyl sites for hydroxylation is 1. The number of nitrogens with one attached hydrogen (secondary N) is 2. The van der Waals surface area contributed by atoms with Gasteiger partial charge < -0.3 is 10.1 Å². The highest BCUT2D eigenvalue weighted by atomic mass is 35.5. The Hall–Kier alpha value is -2.95. The molecule has 0 fully saturated rings. The van der Waals surface area contributed by atoms with Crippen molar-refractivity contribution in [1.29, 1.82) is 0 Å². The lowest BCUT2D eigenvalue weighted by atomic mass is 10.1. The Balaban J connectivity index is 1.58. The second-order valence-electron chi connectivity index (χ2n) is 6.11. The molecule has 0 bridgehead atoms.